The summed E-state index contributed by atoms with van der Waals surface area (Å²) < 4.78 is 19.5. The van der Waals surface area contributed by atoms with Crippen molar-refractivity contribution in [2.24, 2.45) is 11.5 Å². The number of amides is 1. The van der Waals surface area contributed by atoms with E-state index in [1.54, 1.807) is 12.1 Å². The van der Waals surface area contributed by atoms with Crippen LogP contribution in [0.4, 0.5) is 4.39 Å². The average Bonchev–Trinajstić information content (AvgIpc) is 2.41. The van der Waals surface area contributed by atoms with Crippen LogP contribution < -0.4 is 11.5 Å². The van der Waals surface area contributed by atoms with Crippen LogP contribution in [0.3, 0.4) is 0 Å². The van der Waals surface area contributed by atoms with Gasteiger partial charge in [0.05, 0.1) is 12.7 Å². The minimum atomic E-state index is -0.626. The summed E-state index contributed by atoms with van der Waals surface area (Å²) in [6.45, 7) is 4.37. The Balaban J connectivity index is 2.04. The zero-order chi connectivity index (χ0) is 14.7. The van der Waals surface area contributed by atoms with E-state index < -0.39 is 11.7 Å². The van der Waals surface area contributed by atoms with Gasteiger partial charge in [-0.1, -0.05) is 6.07 Å². The van der Waals surface area contributed by atoms with Gasteiger partial charge >= 0.3 is 0 Å². The predicted octanol–water partition coefficient (Wildman–Crippen LogP) is 0.473. The second kappa shape index (κ2) is 6.30. The maximum Gasteiger partial charge on any atom is 0.248 e. The maximum absolute atomic E-state index is 13.9. The number of halogens is 1. The molecule has 6 heteroatoms. The van der Waals surface area contributed by atoms with Crippen molar-refractivity contribution in [2.75, 3.05) is 19.7 Å². The van der Waals surface area contributed by atoms with E-state index in [1.165, 1.54) is 6.07 Å². The Kier molecular flexibility index (Phi) is 4.69. The molecule has 20 heavy (non-hydrogen) atoms. The standard InChI is InChI=1S/C14H20FN3O2/c1-9(16)13-8-18(4-5-20-13)7-11-3-2-10(14(17)19)6-12(11)15/h2-3,6,9,13H,4-5,7-8,16H2,1H3,(H2,17,19). The Labute approximate surface area is 117 Å². The van der Waals surface area contributed by atoms with Gasteiger partial charge < -0.3 is 16.2 Å². The van der Waals surface area contributed by atoms with E-state index in [2.05, 4.69) is 4.90 Å². The lowest BCUT2D eigenvalue weighted by atomic mass is 10.1. The van der Waals surface area contributed by atoms with E-state index in [-0.39, 0.29) is 17.7 Å². The minimum absolute atomic E-state index is 0.0308. The highest BCUT2D eigenvalue weighted by molar-refractivity contribution is 5.92. The number of morpholine rings is 1. The number of nitrogens with two attached hydrogens (primary N) is 2. The molecular weight excluding hydrogens is 261 g/mol. The number of nitrogens with zero attached hydrogens (tertiary/aromatic N) is 1. The van der Waals surface area contributed by atoms with E-state index >= 15 is 0 Å². The first-order valence-corrected chi connectivity index (χ1v) is 6.65. The SMILES string of the molecule is CC(N)C1CN(Cc2ccc(C(N)=O)cc2F)CCO1. The van der Waals surface area contributed by atoms with Gasteiger partial charge in [0, 0.05) is 36.8 Å². The molecule has 1 aromatic rings. The molecule has 1 aliphatic rings. The van der Waals surface area contributed by atoms with Crippen molar-refractivity contribution >= 4 is 5.91 Å². The summed E-state index contributed by atoms with van der Waals surface area (Å²) >= 11 is 0. The van der Waals surface area contributed by atoms with Gasteiger partial charge in [0.15, 0.2) is 0 Å². The first-order valence-electron chi connectivity index (χ1n) is 6.65. The largest absolute Gasteiger partial charge is 0.374 e. The number of ether oxygens (including phenoxy) is 1. The summed E-state index contributed by atoms with van der Waals surface area (Å²) in [7, 11) is 0. The summed E-state index contributed by atoms with van der Waals surface area (Å²) in [5, 5.41) is 0. The predicted molar refractivity (Wildman–Crippen MR) is 73.6 cm³/mol. The fourth-order valence-electron chi connectivity index (χ4n) is 2.26. The molecule has 1 fully saturated rings. The third-order valence-corrected chi connectivity index (χ3v) is 3.50. The fourth-order valence-corrected chi connectivity index (χ4v) is 2.26. The summed E-state index contributed by atoms with van der Waals surface area (Å²) in [6, 6.07) is 4.27. The smallest absolute Gasteiger partial charge is 0.248 e. The molecule has 0 saturated carbocycles. The second-order valence-corrected chi connectivity index (χ2v) is 5.17. The lowest BCUT2D eigenvalue weighted by Gasteiger charge is -2.34. The summed E-state index contributed by atoms with van der Waals surface area (Å²) in [4.78, 5) is 13.1. The third kappa shape index (κ3) is 3.53. The molecule has 4 N–H and O–H groups in total. The van der Waals surface area contributed by atoms with Crippen molar-refractivity contribution in [3.63, 3.8) is 0 Å². The Morgan fingerprint density at radius 1 is 1.60 bits per heavy atom. The molecule has 1 aromatic carbocycles. The van der Waals surface area contributed by atoms with E-state index in [0.29, 0.717) is 25.3 Å². The highest BCUT2D eigenvalue weighted by atomic mass is 19.1. The summed E-state index contributed by atoms with van der Waals surface area (Å²) in [6.07, 6.45) is -0.0308. The van der Waals surface area contributed by atoms with Gasteiger partial charge in [-0.05, 0) is 19.1 Å². The molecule has 1 amide bonds. The molecule has 1 aliphatic heterocycles. The third-order valence-electron chi connectivity index (χ3n) is 3.50. The zero-order valence-corrected chi connectivity index (χ0v) is 11.5. The van der Waals surface area contributed by atoms with Crippen LogP contribution in [0.2, 0.25) is 0 Å². The molecule has 5 nitrogen and oxygen atoms in total. The number of hydrogen-bond donors (Lipinski definition) is 2. The van der Waals surface area contributed by atoms with E-state index in [4.69, 9.17) is 16.2 Å². The van der Waals surface area contributed by atoms with Gasteiger partial charge in [0.2, 0.25) is 5.91 Å². The zero-order valence-electron chi connectivity index (χ0n) is 11.5. The van der Waals surface area contributed by atoms with Crippen LogP contribution in [0.1, 0.15) is 22.8 Å². The first-order chi connectivity index (χ1) is 9.47. The second-order valence-electron chi connectivity index (χ2n) is 5.17. The number of carbonyl (C=O) groups is 1. The van der Waals surface area contributed by atoms with Crippen LogP contribution in [-0.4, -0.2) is 42.6 Å². The lowest BCUT2D eigenvalue weighted by molar-refractivity contribution is -0.0406. The molecule has 0 aliphatic carbocycles. The Morgan fingerprint density at radius 3 is 2.95 bits per heavy atom. The van der Waals surface area contributed by atoms with Gasteiger partial charge in [-0.2, -0.15) is 0 Å². The molecule has 2 rings (SSSR count). The van der Waals surface area contributed by atoms with Gasteiger partial charge in [0.1, 0.15) is 5.82 Å². The van der Waals surface area contributed by atoms with Crippen LogP contribution in [0.5, 0.6) is 0 Å². The molecular formula is C14H20FN3O2. The van der Waals surface area contributed by atoms with Gasteiger partial charge in [0.25, 0.3) is 0 Å². The van der Waals surface area contributed by atoms with Crippen molar-refractivity contribution in [3.8, 4) is 0 Å². The van der Waals surface area contributed by atoms with E-state index in [0.717, 1.165) is 6.54 Å². The van der Waals surface area contributed by atoms with Gasteiger partial charge in [-0.25, -0.2) is 4.39 Å². The van der Waals surface area contributed by atoms with E-state index in [1.807, 2.05) is 6.92 Å². The number of carbonyl (C=O) groups excluding carboxylic acids is 1. The van der Waals surface area contributed by atoms with Crippen LogP contribution in [0.15, 0.2) is 18.2 Å². The summed E-state index contributed by atoms with van der Waals surface area (Å²) in [5.74, 6) is -1.04. The van der Waals surface area contributed by atoms with Crippen LogP contribution in [0, 0.1) is 5.82 Å². The van der Waals surface area contributed by atoms with Crippen LogP contribution in [-0.2, 0) is 11.3 Å². The Bertz CT molecular complexity index is 493. The fraction of sp³-hybridized carbons (Fsp3) is 0.500. The molecule has 0 spiro atoms. The number of primary amides is 1. The number of hydrogen-bond acceptors (Lipinski definition) is 4. The monoisotopic (exact) mass is 281 g/mol. The normalized spacial score (nSPS) is 21.6. The molecule has 1 heterocycles. The van der Waals surface area contributed by atoms with Gasteiger partial charge in [-0.3, -0.25) is 9.69 Å². The molecule has 2 atom stereocenters. The molecule has 0 bridgehead atoms. The topological polar surface area (TPSA) is 81.6 Å². The highest BCUT2D eigenvalue weighted by Crippen LogP contribution is 2.16. The Hall–Kier alpha value is -1.50. The quantitative estimate of drug-likeness (QED) is 0.840. The average molecular weight is 281 g/mol. The van der Waals surface area contributed by atoms with Crippen molar-refractivity contribution in [2.45, 2.75) is 25.6 Å². The first kappa shape index (κ1) is 14.9. The van der Waals surface area contributed by atoms with Crippen LogP contribution >= 0.6 is 0 Å². The summed E-state index contributed by atoms with van der Waals surface area (Å²) in [5.41, 5.74) is 11.7. The Morgan fingerprint density at radius 2 is 2.35 bits per heavy atom. The van der Waals surface area contributed by atoms with Crippen molar-refractivity contribution in [1.82, 2.24) is 4.90 Å². The van der Waals surface area contributed by atoms with Crippen molar-refractivity contribution < 1.29 is 13.9 Å². The van der Waals surface area contributed by atoms with Crippen LogP contribution in [0.25, 0.3) is 0 Å². The van der Waals surface area contributed by atoms with Crippen molar-refractivity contribution in [1.29, 1.82) is 0 Å². The van der Waals surface area contributed by atoms with Crippen molar-refractivity contribution in [3.05, 3.63) is 35.1 Å². The van der Waals surface area contributed by atoms with E-state index in [9.17, 15) is 9.18 Å². The molecule has 2 unspecified atom stereocenters. The molecule has 0 aromatic heterocycles. The van der Waals surface area contributed by atoms with Gasteiger partial charge in [-0.15, -0.1) is 0 Å². The molecule has 1 saturated heterocycles. The number of rotatable bonds is 4. The lowest BCUT2D eigenvalue weighted by Crippen LogP contribution is -2.49. The maximum atomic E-state index is 13.9. The molecule has 110 valence electrons. The number of benzene rings is 1. The highest BCUT2D eigenvalue weighted by Gasteiger charge is 2.24. The molecule has 0 radical (unpaired) electrons. The minimum Gasteiger partial charge on any atom is -0.374 e.